The van der Waals surface area contributed by atoms with Crippen LogP contribution in [0.2, 0.25) is 0 Å². The average Bonchev–Trinajstić information content (AvgIpc) is 2.30. The molecule has 0 aromatic heterocycles. The Morgan fingerprint density at radius 1 is 1.21 bits per heavy atom. The van der Waals surface area contributed by atoms with Crippen LogP contribution >= 0.6 is 7.26 Å². The van der Waals surface area contributed by atoms with E-state index in [9.17, 15) is 4.79 Å². The summed E-state index contributed by atoms with van der Waals surface area (Å²) in [7, 11) is -1.16. The lowest BCUT2D eigenvalue weighted by molar-refractivity contribution is -0.115. The van der Waals surface area contributed by atoms with Crippen molar-refractivity contribution in [3.63, 3.8) is 0 Å². The van der Waals surface area contributed by atoms with E-state index >= 15 is 0 Å². The SMILES string of the molecule is CCc1cc(C)c(NC(=O)C(C)[P+](C)(C)C)c(C)c1. The molecule has 0 spiro atoms. The third-order valence-corrected chi connectivity index (χ3v) is 6.35. The van der Waals surface area contributed by atoms with Crippen LogP contribution in [0.3, 0.4) is 0 Å². The average molecular weight is 280 g/mol. The smallest absolute Gasteiger partial charge is 0.264 e. The number of hydrogen-bond acceptors (Lipinski definition) is 1. The molecular formula is C16H27NOP+. The van der Waals surface area contributed by atoms with Crippen LogP contribution in [-0.4, -0.2) is 31.6 Å². The lowest BCUT2D eigenvalue weighted by Gasteiger charge is -2.21. The highest BCUT2D eigenvalue weighted by molar-refractivity contribution is 7.75. The molecule has 0 aliphatic heterocycles. The van der Waals surface area contributed by atoms with Gasteiger partial charge in [-0.1, -0.05) is 19.1 Å². The summed E-state index contributed by atoms with van der Waals surface area (Å²) in [5, 5.41) is 3.12. The first kappa shape index (κ1) is 16.2. The standard InChI is InChI=1S/C16H26NOP/c1-8-14-9-11(2)15(12(3)10-14)17-16(18)13(4)19(5,6)7/h9-10,13H,8H2,1-7H3/p+1. The van der Waals surface area contributed by atoms with Crippen molar-refractivity contribution in [3.05, 3.63) is 28.8 Å². The van der Waals surface area contributed by atoms with Crippen LogP contribution in [0.25, 0.3) is 0 Å². The molecule has 1 unspecified atom stereocenters. The summed E-state index contributed by atoms with van der Waals surface area (Å²) in [5.74, 6) is 0.149. The summed E-state index contributed by atoms with van der Waals surface area (Å²) in [6.07, 6.45) is 1.03. The Labute approximate surface area is 118 Å². The van der Waals surface area contributed by atoms with Crippen LogP contribution in [0.1, 0.15) is 30.5 Å². The minimum Gasteiger partial charge on any atom is -0.322 e. The zero-order valence-electron chi connectivity index (χ0n) is 13.3. The van der Waals surface area contributed by atoms with E-state index in [1.807, 2.05) is 6.92 Å². The Balaban J connectivity index is 2.98. The summed E-state index contributed by atoms with van der Waals surface area (Å²) < 4.78 is 0. The van der Waals surface area contributed by atoms with Gasteiger partial charge in [0.2, 0.25) is 0 Å². The summed E-state index contributed by atoms with van der Waals surface area (Å²) in [6, 6.07) is 4.33. The third-order valence-electron chi connectivity index (χ3n) is 3.79. The number of carbonyl (C=O) groups is 1. The van der Waals surface area contributed by atoms with Crippen molar-refractivity contribution >= 4 is 18.9 Å². The number of carbonyl (C=O) groups excluding carboxylic acids is 1. The van der Waals surface area contributed by atoms with Gasteiger partial charge in [-0.25, -0.2) is 0 Å². The van der Waals surface area contributed by atoms with E-state index in [1.54, 1.807) is 0 Å². The molecule has 1 amide bonds. The van der Waals surface area contributed by atoms with Crippen LogP contribution in [0.4, 0.5) is 5.69 Å². The quantitative estimate of drug-likeness (QED) is 0.827. The largest absolute Gasteiger partial charge is 0.322 e. The molecule has 19 heavy (non-hydrogen) atoms. The van der Waals surface area contributed by atoms with Crippen molar-refractivity contribution in [2.24, 2.45) is 0 Å². The van der Waals surface area contributed by atoms with Crippen LogP contribution in [0, 0.1) is 13.8 Å². The van der Waals surface area contributed by atoms with Crippen molar-refractivity contribution in [1.29, 1.82) is 0 Å². The van der Waals surface area contributed by atoms with E-state index in [1.165, 1.54) is 5.56 Å². The molecule has 1 atom stereocenters. The minimum absolute atomic E-state index is 0.0946. The molecule has 0 bridgehead atoms. The second kappa shape index (κ2) is 6.05. The molecule has 0 heterocycles. The predicted molar refractivity (Wildman–Crippen MR) is 88.1 cm³/mol. The number of hydrogen-bond donors (Lipinski definition) is 1. The molecule has 2 nitrogen and oxygen atoms in total. The maximum atomic E-state index is 12.3. The van der Waals surface area contributed by atoms with Crippen molar-refractivity contribution in [1.82, 2.24) is 0 Å². The van der Waals surface area contributed by atoms with Crippen molar-refractivity contribution in [2.45, 2.75) is 39.8 Å². The number of benzene rings is 1. The third kappa shape index (κ3) is 4.04. The number of anilines is 1. The second-order valence-electron chi connectivity index (χ2n) is 6.24. The van der Waals surface area contributed by atoms with E-state index < -0.39 is 7.26 Å². The second-order valence-corrected chi connectivity index (χ2v) is 11.2. The van der Waals surface area contributed by atoms with Gasteiger partial charge >= 0.3 is 0 Å². The first-order chi connectivity index (χ1) is 8.66. The molecule has 1 N–H and O–H groups in total. The Kier molecular flexibility index (Phi) is 5.15. The van der Waals surface area contributed by atoms with Crippen LogP contribution in [0.15, 0.2) is 12.1 Å². The molecule has 0 saturated heterocycles. The molecule has 1 rings (SSSR count). The van der Waals surface area contributed by atoms with E-state index in [-0.39, 0.29) is 11.6 Å². The van der Waals surface area contributed by atoms with Gasteiger partial charge in [0.05, 0.1) is 0 Å². The molecule has 0 radical (unpaired) electrons. The zero-order chi connectivity index (χ0) is 14.8. The first-order valence-electron chi connectivity index (χ1n) is 6.89. The predicted octanol–water partition coefficient (Wildman–Crippen LogP) is 4.10. The molecule has 0 saturated carbocycles. The van der Waals surface area contributed by atoms with Gasteiger partial charge in [0.25, 0.3) is 5.91 Å². The van der Waals surface area contributed by atoms with E-state index in [2.05, 4.69) is 58.2 Å². The number of aryl methyl sites for hydroxylation is 3. The molecule has 0 aliphatic rings. The zero-order valence-corrected chi connectivity index (χ0v) is 14.2. The molecule has 0 fully saturated rings. The number of amides is 1. The maximum Gasteiger partial charge on any atom is 0.264 e. The van der Waals surface area contributed by atoms with Gasteiger partial charge in [0.1, 0.15) is 5.66 Å². The van der Waals surface area contributed by atoms with Crippen LogP contribution < -0.4 is 5.32 Å². The first-order valence-corrected chi connectivity index (χ1v) is 10.1. The van der Waals surface area contributed by atoms with E-state index in [0.29, 0.717) is 0 Å². The van der Waals surface area contributed by atoms with Crippen LogP contribution in [0.5, 0.6) is 0 Å². The van der Waals surface area contributed by atoms with Crippen molar-refractivity contribution in [3.8, 4) is 0 Å². The highest BCUT2D eigenvalue weighted by atomic mass is 31.2. The highest BCUT2D eigenvalue weighted by Crippen LogP contribution is 2.52. The Hall–Kier alpha value is -0.880. The van der Waals surface area contributed by atoms with Crippen molar-refractivity contribution < 1.29 is 4.79 Å². The molecular weight excluding hydrogens is 253 g/mol. The number of nitrogens with one attached hydrogen (secondary N) is 1. The summed E-state index contributed by atoms with van der Waals surface area (Å²) in [6.45, 7) is 14.9. The van der Waals surface area contributed by atoms with Gasteiger partial charge in [-0.05, 0) is 43.9 Å². The lowest BCUT2D eigenvalue weighted by Crippen LogP contribution is -2.27. The minimum atomic E-state index is -1.16. The Morgan fingerprint density at radius 3 is 2.05 bits per heavy atom. The van der Waals surface area contributed by atoms with Gasteiger partial charge in [0, 0.05) is 32.9 Å². The van der Waals surface area contributed by atoms with Gasteiger partial charge < -0.3 is 5.32 Å². The van der Waals surface area contributed by atoms with Gasteiger partial charge in [0.15, 0.2) is 0 Å². The van der Waals surface area contributed by atoms with Crippen LogP contribution in [-0.2, 0) is 11.2 Å². The van der Waals surface area contributed by atoms with Gasteiger partial charge in [-0.3, -0.25) is 4.79 Å². The summed E-state index contributed by atoms with van der Waals surface area (Å²) in [4.78, 5) is 12.3. The topological polar surface area (TPSA) is 29.1 Å². The monoisotopic (exact) mass is 280 g/mol. The molecule has 1 aromatic carbocycles. The maximum absolute atomic E-state index is 12.3. The Bertz CT molecular complexity index is 451. The molecule has 1 aromatic rings. The van der Waals surface area contributed by atoms with E-state index in [0.717, 1.165) is 23.2 Å². The van der Waals surface area contributed by atoms with Gasteiger partial charge in [-0.15, -0.1) is 0 Å². The fraction of sp³-hybridized carbons (Fsp3) is 0.562. The highest BCUT2D eigenvalue weighted by Gasteiger charge is 2.33. The number of rotatable bonds is 4. The normalized spacial score (nSPS) is 13.2. The van der Waals surface area contributed by atoms with E-state index in [4.69, 9.17) is 0 Å². The van der Waals surface area contributed by atoms with Crippen molar-refractivity contribution in [2.75, 3.05) is 25.3 Å². The fourth-order valence-electron chi connectivity index (χ4n) is 2.03. The molecule has 3 heteroatoms. The van der Waals surface area contributed by atoms with Gasteiger partial charge in [-0.2, -0.15) is 0 Å². The molecule has 0 aliphatic carbocycles. The summed E-state index contributed by atoms with van der Waals surface area (Å²) in [5.41, 5.74) is 4.72. The fourth-order valence-corrected chi connectivity index (χ4v) is 2.80. The lowest BCUT2D eigenvalue weighted by atomic mass is 10.0. The molecule has 106 valence electrons. The summed E-state index contributed by atoms with van der Waals surface area (Å²) >= 11 is 0. The Morgan fingerprint density at radius 2 is 1.68 bits per heavy atom.